The number of nitrogens with one attached hydrogen (secondary N) is 1. The predicted octanol–water partition coefficient (Wildman–Crippen LogP) is 3.29. The molecule has 0 radical (unpaired) electrons. The van der Waals surface area contributed by atoms with Crippen LogP contribution in [0.5, 0.6) is 5.75 Å². The Morgan fingerprint density at radius 2 is 1.85 bits per heavy atom. The number of carbonyl (C=O) groups excluding carboxylic acids is 1. The smallest absolute Gasteiger partial charge is 0.317 e. The monoisotopic (exact) mass is 368 g/mol. The molecule has 0 aliphatic carbocycles. The van der Waals surface area contributed by atoms with Crippen LogP contribution in [0.15, 0.2) is 59.6 Å². The average Bonchev–Trinajstić information content (AvgIpc) is 2.68. The minimum atomic E-state index is -0.639. The first-order valence-electron chi connectivity index (χ1n) is 8.39. The van der Waals surface area contributed by atoms with E-state index in [4.69, 9.17) is 21.7 Å². The number of hydrogen-bond donors (Lipinski definition) is 1. The van der Waals surface area contributed by atoms with Gasteiger partial charge in [-0.1, -0.05) is 48.5 Å². The highest BCUT2D eigenvalue weighted by Crippen LogP contribution is 2.35. The first-order chi connectivity index (χ1) is 12.7. The van der Waals surface area contributed by atoms with E-state index in [0.717, 1.165) is 11.1 Å². The Morgan fingerprint density at radius 3 is 2.54 bits per heavy atom. The van der Waals surface area contributed by atoms with E-state index in [1.165, 1.54) is 0 Å². The second kappa shape index (κ2) is 8.10. The largest absolute Gasteiger partial charge is 0.496 e. The summed E-state index contributed by atoms with van der Waals surface area (Å²) in [7, 11) is 1.60. The molecule has 0 bridgehead atoms. The summed E-state index contributed by atoms with van der Waals surface area (Å²) in [6, 6.07) is 16.7. The van der Waals surface area contributed by atoms with E-state index >= 15 is 0 Å². The van der Waals surface area contributed by atoms with Crippen molar-refractivity contribution in [2.75, 3.05) is 13.7 Å². The molecular formula is C20H20N2O3S. The van der Waals surface area contributed by atoms with Gasteiger partial charge >= 0.3 is 5.97 Å². The highest BCUT2D eigenvalue weighted by Gasteiger charge is 2.40. The van der Waals surface area contributed by atoms with E-state index in [1.807, 2.05) is 54.6 Å². The molecule has 1 N–H and O–H groups in total. The van der Waals surface area contributed by atoms with Crippen molar-refractivity contribution in [1.29, 1.82) is 0 Å². The Bertz CT molecular complexity index is 836. The second-order valence-electron chi connectivity index (χ2n) is 5.76. The normalized spacial score (nSPS) is 19.3. The van der Waals surface area contributed by atoms with Crippen LogP contribution < -0.4 is 10.1 Å². The molecule has 26 heavy (non-hydrogen) atoms. The number of rotatable bonds is 5. The van der Waals surface area contributed by atoms with Crippen LogP contribution in [-0.4, -0.2) is 30.5 Å². The lowest BCUT2D eigenvalue weighted by atomic mass is 9.84. The molecule has 5 nitrogen and oxygen atoms in total. The summed E-state index contributed by atoms with van der Waals surface area (Å²) in [5, 5.41) is 3.49. The lowest BCUT2D eigenvalue weighted by Gasteiger charge is -2.32. The van der Waals surface area contributed by atoms with Gasteiger partial charge in [-0.2, -0.15) is 0 Å². The number of aliphatic imine (C=N–C) groups is 1. The minimum absolute atomic E-state index is 0.292. The highest BCUT2D eigenvalue weighted by molar-refractivity contribution is 7.80. The van der Waals surface area contributed by atoms with Gasteiger partial charge in [0.05, 0.1) is 25.5 Å². The summed E-state index contributed by atoms with van der Waals surface area (Å²) in [5.74, 6) is -0.308. The molecule has 1 aliphatic rings. The standard InChI is InChI=1S/C20H20N2O3S/c1-3-25-19(23)16-17(13-9-5-4-6-10-13)21-20(26)22-18(16)14-11-7-8-12-15(14)24-2/h4-12,16,18H,3H2,1-2H3,(H,22,26). The van der Waals surface area contributed by atoms with E-state index in [9.17, 15) is 4.79 Å². The van der Waals surface area contributed by atoms with E-state index in [1.54, 1.807) is 14.0 Å². The zero-order chi connectivity index (χ0) is 18.5. The first kappa shape index (κ1) is 18.1. The maximum absolute atomic E-state index is 12.8. The van der Waals surface area contributed by atoms with Crippen molar-refractivity contribution in [2.24, 2.45) is 10.9 Å². The highest BCUT2D eigenvalue weighted by atomic mass is 32.1. The third-order valence-corrected chi connectivity index (χ3v) is 4.42. The van der Waals surface area contributed by atoms with Crippen LogP contribution in [0, 0.1) is 5.92 Å². The Kier molecular flexibility index (Phi) is 5.63. The number of hydrogen-bond acceptors (Lipinski definition) is 4. The van der Waals surface area contributed by atoms with Gasteiger partial charge in [0, 0.05) is 5.56 Å². The molecule has 0 saturated carbocycles. The predicted molar refractivity (Wildman–Crippen MR) is 105 cm³/mol. The fourth-order valence-corrected chi connectivity index (χ4v) is 3.32. The van der Waals surface area contributed by atoms with Crippen LogP contribution in [0.4, 0.5) is 0 Å². The van der Waals surface area contributed by atoms with Crippen molar-refractivity contribution in [3.8, 4) is 5.75 Å². The van der Waals surface area contributed by atoms with Gasteiger partial charge in [0.15, 0.2) is 5.11 Å². The van der Waals surface area contributed by atoms with Crippen molar-refractivity contribution >= 4 is 29.0 Å². The molecule has 0 amide bonds. The zero-order valence-corrected chi connectivity index (χ0v) is 15.5. The molecule has 1 aliphatic heterocycles. The van der Waals surface area contributed by atoms with Gasteiger partial charge in [-0.05, 0) is 30.8 Å². The molecule has 0 spiro atoms. The number of benzene rings is 2. The number of thiocarbonyl (C=S) groups is 1. The zero-order valence-electron chi connectivity index (χ0n) is 14.6. The Hall–Kier alpha value is -2.73. The van der Waals surface area contributed by atoms with Crippen LogP contribution in [0.1, 0.15) is 24.1 Å². The molecule has 2 unspecified atom stereocenters. The van der Waals surface area contributed by atoms with Crippen molar-refractivity contribution in [3.05, 3.63) is 65.7 Å². The lowest BCUT2D eigenvalue weighted by molar-refractivity contribution is -0.146. The molecule has 2 aromatic carbocycles. The number of para-hydroxylation sites is 1. The quantitative estimate of drug-likeness (QED) is 0.648. The summed E-state index contributed by atoms with van der Waals surface area (Å²) in [4.78, 5) is 17.3. The Balaban J connectivity index is 2.13. The molecule has 0 saturated heterocycles. The molecule has 2 atom stereocenters. The summed E-state index contributed by atoms with van der Waals surface area (Å²) in [6.45, 7) is 2.08. The van der Waals surface area contributed by atoms with Gasteiger partial charge in [-0.3, -0.25) is 4.79 Å². The van der Waals surface area contributed by atoms with E-state index in [0.29, 0.717) is 23.2 Å². The number of nitrogens with zero attached hydrogens (tertiary/aromatic N) is 1. The molecule has 2 aromatic rings. The summed E-state index contributed by atoms with van der Waals surface area (Å²) >= 11 is 5.35. The lowest BCUT2D eigenvalue weighted by Crippen LogP contribution is -2.45. The maximum Gasteiger partial charge on any atom is 0.317 e. The molecule has 0 fully saturated rings. The number of ether oxygens (including phenoxy) is 2. The fraction of sp³-hybridized carbons (Fsp3) is 0.250. The average molecular weight is 368 g/mol. The van der Waals surface area contributed by atoms with Crippen LogP contribution >= 0.6 is 12.2 Å². The van der Waals surface area contributed by atoms with Gasteiger partial charge in [0.2, 0.25) is 0 Å². The fourth-order valence-electron chi connectivity index (χ4n) is 3.10. The Labute approximate surface area is 158 Å². The minimum Gasteiger partial charge on any atom is -0.496 e. The molecule has 3 rings (SSSR count). The van der Waals surface area contributed by atoms with E-state index in [-0.39, 0.29) is 5.97 Å². The molecule has 6 heteroatoms. The van der Waals surface area contributed by atoms with Crippen LogP contribution in [0.25, 0.3) is 0 Å². The van der Waals surface area contributed by atoms with Crippen LogP contribution in [-0.2, 0) is 9.53 Å². The first-order valence-corrected chi connectivity index (χ1v) is 8.80. The second-order valence-corrected chi connectivity index (χ2v) is 6.15. The van der Waals surface area contributed by atoms with Crippen molar-refractivity contribution < 1.29 is 14.3 Å². The summed E-state index contributed by atoms with van der Waals surface area (Å²) in [5.41, 5.74) is 2.27. The van der Waals surface area contributed by atoms with Gasteiger partial charge in [0.1, 0.15) is 11.7 Å². The maximum atomic E-state index is 12.8. The molecule has 0 aromatic heterocycles. The van der Waals surface area contributed by atoms with Crippen LogP contribution in [0.3, 0.4) is 0 Å². The van der Waals surface area contributed by atoms with Gasteiger partial charge in [-0.15, -0.1) is 0 Å². The topological polar surface area (TPSA) is 59.9 Å². The van der Waals surface area contributed by atoms with Crippen molar-refractivity contribution in [3.63, 3.8) is 0 Å². The van der Waals surface area contributed by atoms with E-state index in [2.05, 4.69) is 10.3 Å². The van der Waals surface area contributed by atoms with Gasteiger partial charge < -0.3 is 14.8 Å². The van der Waals surface area contributed by atoms with Gasteiger partial charge in [-0.25, -0.2) is 4.99 Å². The van der Waals surface area contributed by atoms with Crippen molar-refractivity contribution in [1.82, 2.24) is 5.32 Å². The number of esters is 1. The SMILES string of the molecule is CCOC(=O)C1C(c2ccccc2)=NC(=S)NC1c1ccccc1OC. The van der Waals surface area contributed by atoms with Gasteiger partial charge in [0.25, 0.3) is 0 Å². The molecule has 134 valence electrons. The summed E-state index contributed by atoms with van der Waals surface area (Å²) in [6.07, 6.45) is 0. The molecular weight excluding hydrogens is 348 g/mol. The Morgan fingerprint density at radius 1 is 1.15 bits per heavy atom. The number of methoxy groups -OCH3 is 1. The van der Waals surface area contributed by atoms with Crippen molar-refractivity contribution in [2.45, 2.75) is 13.0 Å². The van der Waals surface area contributed by atoms with E-state index < -0.39 is 12.0 Å². The third-order valence-electron chi connectivity index (χ3n) is 4.21. The molecule has 1 heterocycles. The third kappa shape index (κ3) is 3.60. The number of carbonyl (C=O) groups is 1. The van der Waals surface area contributed by atoms with Crippen LogP contribution in [0.2, 0.25) is 0 Å². The summed E-state index contributed by atoms with van der Waals surface area (Å²) < 4.78 is 10.8.